The molecular formula is C27H29N3O2. The summed E-state index contributed by atoms with van der Waals surface area (Å²) in [7, 11) is 0. The molecule has 2 N–H and O–H groups in total. The number of benzene rings is 2. The zero-order chi connectivity index (χ0) is 21.8. The SMILES string of the molecule is O=C(NC1CCN(Cc2ccccc2)CC1)c1cc2c(OC3=CC=CCC3)cccc2[nH]1. The Labute approximate surface area is 188 Å². The maximum Gasteiger partial charge on any atom is 0.267 e. The fraction of sp³-hybridized carbons (Fsp3) is 0.296. The second kappa shape index (κ2) is 9.45. The second-order valence-corrected chi connectivity index (χ2v) is 8.61. The second-order valence-electron chi connectivity index (χ2n) is 8.61. The average Bonchev–Trinajstić information content (AvgIpc) is 3.28. The van der Waals surface area contributed by atoms with Crippen LogP contribution in [0.4, 0.5) is 0 Å². The standard InChI is InChI=1S/C27H29N3O2/c31-27(28-21-14-16-30(17-15-21)19-20-8-3-1-4-9-20)25-18-23-24(29-25)12-7-13-26(23)32-22-10-5-2-6-11-22/h1-5,7-10,12-13,18,21,29H,6,11,14-17,19H2,(H,28,31). The van der Waals surface area contributed by atoms with Gasteiger partial charge in [-0.3, -0.25) is 9.69 Å². The molecule has 1 saturated heterocycles. The molecule has 0 atom stereocenters. The van der Waals surface area contributed by atoms with Crippen LogP contribution >= 0.6 is 0 Å². The Balaban J connectivity index is 1.20. The minimum absolute atomic E-state index is 0.0477. The van der Waals surface area contributed by atoms with E-state index in [-0.39, 0.29) is 11.9 Å². The van der Waals surface area contributed by atoms with Gasteiger partial charge in [0.2, 0.25) is 0 Å². The average molecular weight is 428 g/mol. The number of hydrogen-bond donors (Lipinski definition) is 2. The molecule has 1 aliphatic carbocycles. The van der Waals surface area contributed by atoms with Crippen molar-refractivity contribution in [1.29, 1.82) is 0 Å². The number of carbonyl (C=O) groups excluding carboxylic acids is 1. The Morgan fingerprint density at radius 3 is 2.72 bits per heavy atom. The molecule has 32 heavy (non-hydrogen) atoms. The molecule has 2 heterocycles. The minimum atomic E-state index is -0.0477. The van der Waals surface area contributed by atoms with E-state index in [1.165, 1.54) is 5.56 Å². The van der Waals surface area contributed by atoms with E-state index in [0.717, 1.165) is 67.7 Å². The van der Waals surface area contributed by atoms with E-state index in [2.05, 4.69) is 51.6 Å². The predicted octanol–water partition coefficient (Wildman–Crippen LogP) is 5.18. The maximum absolute atomic E-state index is 12.9. The summed E-state index contributed by atoms with van der Waals surface area (Å²) in [6.45, 7) is 2.96. The molecular weight excluding hydrogens is 398 g/mol. The van der Waals surface area contributed by atoms with Crippen LogP contribution in [0.15, 0.2) is 78.6 Å². The number of piperidine rings is 1. The number of amides is 1. The predicted molar refractivity (Wildman–Crippen MR) is 128 cm³/mol. The van der Waals surface area contributed by atoms with Crippen LogP contribution in [-0.2, 0) is 6.54 Å². The fourth-order valence-corrected chi connectivity index (χ4v) is 4.49. The summed E-state index contributed by atoms with van der Waals surface area (Å²) in [4.78, 5) is 18.7. The van der Waals surface area contributed by atoms with Crippen molar-refractivity contribution in [3.8, 4) is 5.75 Å². The van der Waals surface area contributed by atoms with E-state index in [1.54, 1.807) is 0 Å². The van der Waals surface area contributed by atoms with Crippen molar-refractivity contribution in [2.75, 3.05) is 13.1 Å². The normalized spacial score (nSPS) is 17.3. The maximum atomic E-state index is 12.9. The number of likely N-dealkylation sites (tertiary alicyclic amines) is 1. The van der Waals surface area contributed by atoms with Crippen LogP contribution in [0.3, 0.4) is 0 Å². The highest BCUT2D eigenvalue weighted by atomic mass is 16.5. The molecule has 5 rings (SSSR count). The molecule has 0 saturated carbocycles. The van der Waals surface area contributed by atoms with Crippen molar-refractivity contribution in [2.24, 2.45) is 0 Å². The van der Waals surface area contributed by atoms with Crippen LogP contribution in [0.1, 0.15) is 41.7 Å². The third-order valence-electron chi connectivity index (χ3n) is 6.26. The van der Waals surface area contributed by atoms with E-state index in [9.17, 15) is 4.79 Å². The molecule has 0 radical (unpaired) electrons. The van der Waals surface area contributed by atoms with Crippen molar-refractivity contribution < 1.29 is 9.53 Å². The summed E-state index contributed by atoms with van der Waals surface area (Å²) < 4.78 is 6.12. The quantitative estimate of drug-likeness (QED) is 0.570. The van der Waals surface area contributed by atoms with Crippen LogP contribution in [0.2, 0.25) is 0 Å². The summed E-state index contributed by atoms with van der Waals surface area (Å²) in [6.07, 6.45) is 10.00. The first-order valence-electron chi connectivity index (χ1n) is 11.5. The number of H-pyrrole nitrogens is 1. The highest BCUT2D eigenvalue weighted by Gasteiger charge is 2.22. The summed E-state index contributed by atoms with van der Waals surface area (Å²) in [6, 6.07) is 18.6. The molecule has 5 heteroatoms. The zero-order valence-electron chi connectivity index (χ0n) is 18.2. The lowest BCUT2D eigenvalue weighted by Crippen LogP contribution is -2.44. The summed E-state index contributed by atoms with van der Waals surface area (Å²) in [5.41, 5.74) is 2.84. The molecule has 2 aliphatic rings. The molecule has 2 aromatic carbocycles. The Morgan fingerprint density at radius 1 is 1.09 bits per heavy atom. The highest BCUT2D eigenvalue weighted by Crippen LogP contribution is 2.29. The number of nitrogens with one attached hydrogen (secondary N) is 2. The molecule has 1 aliphatic heterocycles. The molecule has 164 valence electrons. The number of aromatic amines is 1. The van der Waals surface area contributed by atoms with Gasteiger partial charge in [-0.05, 0) is 49.1 Å². The number of aromatic nitrogens is 1. The van der Waals surface area contributed by atoms with Gasteiger partial charge < -0.3 is 15.0 Å². The van der Waals surface area contributed by atoms with Crippen LogP contribution in [-0.4, -0.2) is 34.9 Å². The van der Waals surface area contributed by atoms with Crippen molar-refractivity contribution in [1.82, 2.24) is 15.2 Å². The van der Waals surface area contributed by atoms with Crippen molar-refractivity contribution in [2.45, 2.75) is 38.3 Å². The lowest BCUT2D eigenvalue weighted by Gasteiger charge is -2.32. The van der Waals surface area contributed by atoms with Gasteiger partial charge in [-0.2, -0.15) is 0 Å². The fourth-order valence-electron chi connectivity index (χ4n) is 4.49. The Hall–Kier alpha value is -3.31. The largest absolute Gasteiger partial charge is 0.461 e. The molecule has 0 spiro atoms. The molecule has 3 aromatic rings. The Morgan fingerprint density at radius 2 is 1.94 bits per heavy atom. The number of rotatable bonds is 6. The Bertz CT molecular complexity index is 1140. The van der Waals surface area contributed by atoms with E-state index in [1.807, 2.05) is 36.4 Å². The number of ether oxygens (including phenoxy) is 1. The van der Waals surface area contributed by atoms with E-state index >= 15 is 0 Å². The van der Waals surface area contributed by atoms with E-state index in [4.69, 9.17) is 4.74 Å². The molecule has 0 unspecified atom stereocenters. The van der Waals surface area contributed by atoms with Crippen LogP contribution in [0, 0.1) is 0 Å². The minimum Gasteiger partial charge on any atom is -0.461 e. The van der Waals surface area contributed by atoms with Gasteiger partial charge in [0, 0.05) is 43.0 Å². The first-order chi connectivity index (χ1) is 15.7. The summed E-state index contributed by atoms with van der Waals surface area (Å²) in [5, 5.41) is 4.16. The topological polar surface area (TPSA) is 57.4 Å². The van der Waals surface area contributed by atoms with Crippen molar-refractivity contribution in [3.63, 3.8) is 0 Å². The van der Waals surface area contributed by atoms with Gasteiger partial charge in [-0.1, -0.05) is 48.6 Å². The molecule has 1 fully saturated rings. The lowest BCUT2D eigenvalue weighted by atomic mass is 10.0. The van der Waals surface area contributed by atoms with E-state index in [0.29, 0.717) is 5.69 Å². The van der Waals surface area contributed by atoms with Gasteiger partial charge in [0.1, 0.15) is 17.2 Å². The molecule has 1 aromatic heterocycles. The molecule has 1 amide bonds. The summed E-state index contributed by atoms with van der Waals surface area (Å²) >= 11 is 0. The first-order valence-corrected chi connectivity index (χ1v) is 11.5. The smallest absolute Gasteiger partial charge is 0.267 e. The molecule has 0 bridgehead atoms. The van der Waals surface area contributed by atoms with Crippen LogP contribution in [0.5, 0.6) is 5.75 Å². The van der Waals surface area contributed by atoms with E-state index < -0.39 is 0 Å². The van der Waals surface area contributed by atoms with Gasteiger partial charge in [-0.15, -0.1) is 0 Å². The van der Waals surface area contributed by atoms with Crippen LogP contribution in [0.25, 0.3) is 10.9 Å². The zero-order valence-corrected chi connectivity index (χ0v) is 18.2. The van der Waals surface area contributed by atoms with Gasteiger partial charge >= 0.3 is 0 Å². The number of nitrogens with zero attached hydrogens (tertiary/aromatic N) is 1. The van der Waals surface area contributed by atoms with Crippen molar-refractivity contribution in [3.05, 3.63) is 89.8 Å². The van der Waals surface area contributed by atoms with Crippen molar-refractivity contribution >= 4 is 16.8 Å². The monoisotopic (exact) mass is 427 g/mol. The van der Waals surface area contributed by atoms with Gasteiger partial charge in [0.25, 0.3) is 5.91 Å². The lowest BCUT2D eigenvalue weighted by molar-refractivity contribution is 0.0904. The van der Waals surface area contributed by atoms with Gasteiger partial charge in [0.05, 0.1) is 0 Å². The number of hydrogen-bond acceptors (Lipinski definition) is 3. The first kappa shape index (κ1) is 20.6. The summed E-state index contributed by atoms with van der Waals surface area (Å²) in [5.74, 6) is 1.69. The third kappa shape index (κ3) is 4.78. The number of fused-ring (bicyclic) bond motifs is 1. The highest BCUT2D eigenvalue weighted by molar-refractivity contribution is 5.99. The van der Waals surface area contributed by atoms with Crippen LogP contribution < -0.4 is 10.1 Å². The number of allylic oxidation sites excluding steroid dienone is 4. The molecule has 5 nitrogen and oxygen atoms in total. The third-order valence-corrected chi connectivity index (χ3v) is 6.26. The van der Waals surface area contributed by atoms with Gasteiger partial charge in [-0.25, -0.2) is 0 Å². The number of carbonyl (C=O) groups is 1. The Kier molecular flexibility index (Phi) is 6.08. The van der Waals surface area contributed by atoms with Gasteiger partial charge in [0.15, 0.2) is 0 Å².